The van der Waals surface area contributed by atoms with E-state index in [0.717, 1.165) is 12.1 Å². The zero-order chi connectivity index (χ0) is 15.9. The number of carbonyl (C=O) groups is 1. The Labute approximate surface area is 124 Å². The number of hydrogen-bond donors (Lipinski definition) is 1. The Kier molecular flexibility index (Phi) is 4.08. The summed E-state index contributed by atoms with van der Waals surface area (Å²) in [5.41, 5.74) is -0.148. The summed E-state index contributed by atoms with van der Waals surface area (Å²) in [5.74, 6) is -0.518. The molecule has 5 nitrogen and oxygen atoms in total. The predicted octanol–water partition coefficient (Wildman–Crippen LogP) is 1.51. The average molecular weight is 314 g/mol. The van der Waals surface area contributed by atoms with Gasteiger partial charge in [0.1, 0.15) is 5.82 Å². The fourth-order valence-electron chi connectivity index (χ4n) is 2.52. The summed E-state index contributed by atoms with van der Waals surface area (Å²) in [6.45, 7) is 6.55. The SMILES string of the molecule is Cc1cc(S(N)(=O)=O)cc(C(=O)N2CC(C)C(C)C2)c1F. The van der Waals surface area contributed by atoms with Crippen molar-refractivity contribution in [2.45, 2.75) is 25.7 Å². The molecule has 0 bridgehead atoms. The van der Waals surface area contributed by atoms with Gasteiger partial charge in [-0.2, -0.15) is 0 Å². The topological polar surface area (TPSA) is 80.5 Å². The number of halogens is 1. The number of benzene rings is 1. The Morgan fingerprint density at radius 3 is 2.29 bits per heavy atom. The van der Waals surface area contributed by atoms with E-state index in [9.17, 15) is 17.6 Å². The smallest absolute Gasteiger partial charge is 0.256 e. The molecule has 0 saturated carbocycles. The van der Waals surface area contributed by atoms with Crippen molar-refractivity contribution < 1.29 is 17.6 Å². The van der Waals surface area contributed by atoms with Crippen LogP contribution in [0.15, 0.2) is 17.0 Å². The summed E-state index contributed by atoms with van der Waals surface area (Å²) in [4.78, 5) is 13.8. The van der Waals surface area contributed by atoms with Crippen LogP contribution in [0.25, 0.3) is 0 Å². The third kappa shape index (κ3) is 3.08. The average Bonchev–Trinajstić information content (AvgIpc) is 2.70. The summed E-state index contributed by atoms with van der Waals surface area (Å²) in [6, 6.07) is 2.16. The van der Waals surface area contributed by atoms with Gasteiger partial charge in [0, 0.05) is 13.1 Å². The van der Waals surface area contributed by atoms with Crippen LogP contribution in [0.2, 0.25) is 0 Å². The maximum atomic E-state index is 14.2. The number of aryl methyl sites for hydroxylation is 1. The molecule has 1 aromatic rings. The van der Waals surface area contributed by atoms with Crippen molar-refractivity contribution in [2.75, 3.05) is 13.1 Å². The van der Waals surface area contributed by atoms with E-state index in [1.54, 1.807) is 4.90 Å². The van der Waals surface area contributed by atoms with E-state index in [0.29, 0.717) is 24.9 Å². The second-order valence-corrected chi connectivity index (χ2v) is 7.37. The molecule has 2 atom stereocenters. The lowest BCUT2D eigenvalue weighted by Crippen LogP contribution is -2.30. The number of carbonyl (C=O) groups excluding carboxylic acids is 1. The highest BCUT2D eigenvalue weighted by atomic mass is 32.2. The molecule has 1 amide bonds. The molecule has 21 heavy (non-hydrogen) atoms. The summed E-state index contributed by atoms with van der Waals surface area (Å²) in [5, 5.41) is 5.07. The van der Waals surface area contributed by atoms with Crippen molar-refractivity contribution in [1.29, 1.82) is 0 Å². The van der Waals surface area contributed by atoms with Gasteiger partial charge in [0.2, 0.25) is 10.0 Å². The Hall–Kier alpha value is -1.47. The van der Waals surface area contributed by atoms with E-state index in [-0.39, 0.29) is 16.0 Å². The van der Waals surface area contributed by atoms with Gasteiger partial charge in [0.05, 0.1) is 10.5 Å². The zero-order valence-electron chi connectivity index (χ0n) is 12.3. The van der Waals surface area contributed by atoms with Gasteiger partial charge in [-0.05, 0) is 36.5 Å². The molecular formula is C14H19FN2O3S. The lowest BCUT2D eigenvalue weighted by Gasteiger charge is -2.17. The van der Waals surface area contributed by atoms with Crippen molar-refractivity contribution in [3.63, 3.8) is 0 Å². The van der Waals surface area contributed by atoms with Crippen LogP contribution < -0.4 is 5.14 Å². The number of rotatable bonds is 2. The third-order valence-corrected chi connectivity index (χ3v) is 4.96. The van der Waals surface area contributed by atoms with E-state index in [1.165, 1.54) is 6.92 Å². The van der Waals surface area contributed by atoms with Crippen molar-refractivity contribution >= 4 is 15.9 Å². The second kappa shape index (κ2) is 5.38. The van der Waals surface area contributed by atoms with E-state index in [1.807, 2.05) is 13.8 Å². The van der Waals surface area contributed by atoms with Crippen molar-refractivity contribution in [3.8, 4) is 0 Å². The minimum atomic E-state index is -3.98. The molecule has 1 aliphatic rings. The molecule has 1 heterocycles. The van der Waals surface area contributed by atoms with Crippen LogP contribution in [0.1, 0.15) is 29.8 Å². The molecule has 1 saturated heterocycles. The number of sulfonamides is 1. The quantitative estimate of drug-likeness (QED) is 0.898. The molecule has 1 aromatic carbocycles. The normalized spacial score (nSPS) is 22.6. The fourth-order valence-corrected chi connectivity index (χ4v) is 3.15. The molecule has 0 radical (unpaired) electrons. The molecule has 0 aromatic heterocycles. The lowest BCUT2D eigenvalue weighted by atomic mass is 10.0. The highest BCUT2D eigenvalue weighted by Gasteiger charge is 2.32. The Morgan fingerprint density at radius 1 is 1.29 bits per heavy atom. The van der Waals surface area contributed by atoms with Crippen LogP contribution >= 0.6 is 0 Å². The summed E-state index contributed by atoms with van der Waals surface area (Å²) >= 11 is 0. The first-order chi connectivity index (χ1) is 9.61. The maximum absolute atomic E-state index is 14.2. The molecule has 0 spiro atoms. The minimum absolute atomic E-state index is 0.0881. The highest BCUT2D eigenvalue weighted by Crippen LogP contribution is 2.26. The summed E-state index contributed by atoms with van der Waals surface area (Å²) in [7, 11) is -3.98. The van der Waals surface area contributed by atoms with E-state index in [4.69, 9.17) is 5.14 Å². The van der Waals surface area contributed by atoms with Gasteiger partial charge in [-0.3, -0.25) is 4.79 Å². The van der Waals surface area contributed by atoms with Gasteiger partial charge in [-0.25, -0.2) is 17.9 Å². The number of hydrogen-bond acceptors (Lipinski definition) is 3. The molecule has 7 heteroatoms. The predicted molar refractivity (Wildman–Crippen MR) is 76.7 cm³/mol. The fraction of sp³-hybridized carbons (Fsp3) is 0.500. The van der Waals surface area contributed by atoms with Gasteiger partial charge in [0.25, 0.3) is 5.91 Å². The molecule has 1 fully saturated rings. The molecule has 116 valence electrons. The van der Waals surface area contributed by atoms with Crippen LogP contribution in [0.5, 0.6) is 0 Å². The highest BCUT2D eigenvalue weighted by molar-refractivity contribution is 7.89. The van der Waals surface area contributed by atoms with E-state index < -0.39 is 21.7 Å². The van der Waals surface area contributed by atoms with Crippen LogP contribution in [-0.2, 0) is 10.0 Å². The Morgan fingerprint density at radius 2 is 1.81 bits per heavy atom. The molecule has 2 rings (SSSR count). The molecular weight excluding hydrogens is 295 g/mol. The third-order valence-electron chi connectivity index (χ3n) is 4.06. The molecule has 0 aliphatic carbocycles. The van der Waals surface area contributed by atoms with Crippen molar-refractivity contribution in [3.05, 3.63) is 29.1 Å². The van der Waals surface area contributed by atoms with Crippen LogP contribution in [0.4, 0.5) is 4.39 Å². The number of nitrogens with two attached hydrogens (primary N) is 1. The monoisotopic (exact) mass is 314 g/mol. The van der Waals surface area contributed by atoms with Gasteiger partial charge in [0.15, 0.2) is 0 Å². The number of primary sulfonamides is 1. The number of amides is 1. The maximum Gasteiger partial charge on any atom is 0.256 e. The molecule has 2 unspecified atom stereocenters. The minimum Gasteiger partial charge on any atom is -0.338 e. The van der Waals surface area contributed by atoms with E-state index in [2.05, 4.69) is 0 Å². The van der Waals surface area contributed by atoms with Gasteiger partial charge in [-0.15, -0.1) is 0 Å². The van der Waals surface area contributed by atoms with Gasteiger partial charge in [-0.1, -0.05) is 13.8 Å². The number of nitrogens with zero attached hydrogens (tertiary/aromatic N) is 1. The largest absolute Gasteiger partial charge is 0.338 e. The standard InChI is InChI=1S/C14H19FN2O3S/c1-8-4-11(21(16,19)20)5-12(13(8)15)14(18)17-6-9(2)10(3)7-17/h4-5,9-10H,6-7H2,1-3H3,(H2,16,19,20). The van der Waals surface area contributed by atoms with Gasteiger partial charge >= 0.3 is 0 Å². The van der Waals surface area contributed by atoms with Crippen molar-refractivity contribution in [1.82, 2.24) is 4.90 Å². The molecule has 1 aliphatic heterocycles. The summed E-state index contributed by atoms with van der Waals surface area (Å²) < 4.78 is 37.0. The van der Waals surface area contributed by atoms with E-state index >= 15 is 0 Å². The van der Waals surface area contributed by atoms with Crippen molar-refractivity contribution in [2.24, 2.45) is 17.0 Å². The lowest BCUT2D eigenvalue weighted by molar-refractivity contribution is 0.0780. The zero-order valence-corrected chi connectivity index (χ0v) is 13.1. The first-order valence-corrected chi connectivity index (χ1v) is 8.28. The van der Waals surface area contributed by atoms with Gasteiger partial charge < -0.3 is 4.90 Å². The van der Waals surface area contributed by atoms with Crippen LogP contribution in [0, 0.1) is 24.6 Å². The summed E-state index contributed by atoms with van der Waals surface area (Å²) in [6.07, 6.45) is 0. The van der Waals surface area contributed by atoms with Crippen LogP contribution in [-0.4, -0.2) is 32.3 Å². The second-order valence-electron chi connectivity index (χ2n) is 5.81. The first-order valence-electron chi connectivity index (χ1n) is 6.73. The number of likely N-dealkylation sites (tertiary alicyclic amines) is 1. The molecule has 2 N–H and O–H groups in total. The Balaban J connectivity index is 2.44. The Bertz CT molecular complexity index is 678. The van der Waals surface area contributed by atoms with Crippen LogP contribution in [0.3, 0.4) is 0 Å². The first kappa shape index (κ1) is 15.9.